The van der Waals surface area contributed by atoms with Crippen LogP contribution in [0, 0.1) is 6.92 Å². The number of hydrogen-bond donors (Lipinski definition) is 1. The molecule has 0 spiro atoms. The third kappa shape index (κ3) is 4.53. The maximum atomic E-state index is 12.9. The summed E-state index contributed by atoms with van der Waals surface area (Å²) in [6.07, 6.45) is -1.12. The largest absolute Gasteiger partial charge is 0.493 e. The normalized spacial score (nSPS) is 11.6. The Labute approximate surface area is 180 Å². The fraction of sp³-hybridized carbons (Fsp3) is 0.261. The molecular formula is C23H25N3O5. The molecule has 8 heteroatoms. The molecule has 0 saturated heterocycles. The van der Waals surface area contributed by atoms with Gasteiger partial charge in [-0.15, -0.1) is 0 Å². The molecule has 3 aromatic rings. The van der Waals surface area contributed by atoms with Crippen molar-refractivity contribution >= 4 is 17.6 Å². The van der Waals surface area contributed by atoms with Crippen LogP contribution in [0.5, 0.6) is 5.75 Å². The van der Waals surface area contributed by atoms with Crippen molar-refractivity contribution in [1.29, 1.82) is 0 Å². The molecule has 0 fully saturated rings. The first kappa shape index (κ1) is 21.9. The average molecular weight is 423 g/mol. The second-order valence-electron chi connectivity index (χ2n) is 6.90. The van der Waals surface area contributed by atoms with Crippen LogP contribution in [0.1, 0.15) is 29.9 Å². The van der Waals surface area contributed by atoms with Crippen molar-refractivity contribution in [3.05, 3.63) is 76.2 Å². The van der Waals surface area contributed by atoms with Crippen molar-refractivity contribution in [2.45, 2.75) is 26.9 Å². The van der Waals surface area contributed by atoms with E-state index in [1.165, 1.54) is 11.6 Å². The number of para-hydroxylation sites is 2. The van der Waals surface area contributed by atoms with Gasteiger partial charge in [-0.1, -0.05) is 30.3 Å². The number of hydrogen-bond acceptors (Lipinski definition) is 5. The van der Waals surface area contributed by atoms with Crippen molar-refractivity contribution in [1.82, 2.24) is 9.36 Å². The molecule has 0 bridgehead atoms. The summed E-state index contributed by atoms with van der Waals surface area (Å²) in [5.41, 5.74) is 1.23. The maximum Gasteiger partial charge on any atom is 0.342 e. The molecule has 1 heterocycles. The molecule has 0 saturated carbocycles. The molecule has 31 heavy (non-hydrogen) atoms. The van der Waals surface area contributed by atoms with Crippen LogP contribution in [0.2, 0.25) is 0 Å². The molecule has 1 N–H and O–H groups in total. The second-order valence-corrected chi connectivity index (χ2v) is 6.90. The van der Waals surface area contributed by atoms with Crippen LogP contribution in [0.15, 0.2) is 59.4 Å². The van der Waals surface area contributed by atoms with E-state index >= 15 is 0 Å². The van der Waals surface area contributed by atoms with Crippen LogP contribution in [-0.2, 0) is 16.6 Å². The minimum atomic E-state index is -1.12. The van der Waals surface area contributed by atoms with E-state index in [9.17, 15) is 14.4 Å². The maximum absolute atomic E-state index is 12.9. The predicted octanol–water partition coefficient (Wildman–Crippen LogP) is 3.07. The molecule has 1 aromatic heterocycles. The molecule has 1 amide bonds. The zero-order chi connectivity index (χ0) is 22.5. The topological polar surface area (TPSA) is 91.6 Å². The summed E-state index contributed by atoms with van der Waals surface area (Å²) in [6.45, 7) is 5.37. The molecule has 8 nitrogen and oxygen atoms in total. The third-order valence-electron chi connectivity index (χ3n) is 4.86. The van der Waals surface area contributed by atoms with Crippen LogP contribution in [0.4, 0.5) is 5.69 Å². The van der Waals surface area contributed by atoms with Crippen molar-refractivity contribution in [3.8, 4) is 11.4 Å². The smallest absolute Gasteiger partial charge is 0.342 e. The zero-order valence-electron chi connectivity index (χ0n) is 17.9. The predicted molar refractivity (Wildman–Crippen MR) is 117 cm³/mol. The Morgan fingerprint density at radius 2 is 1.71 bits per heavy atom. The summed E-state index contributed by atoms with van der Waals surface area (Å²) in [5, 5.41) is 2.60. The van der Waals surface area contributed by atoms with Crippen molar-refractivity contribution in [3.63, 3.8) is 0 Å². The minimum absolute atomic E-state index is 0.133. The van der Waals surface area contributed by atoms with Gasteiger partial charge in [0.15, 0.2) is 6.10 Å². The van der Waals surface area contributed by atoms with Gasteiger partial charge in [0.25, 0.3) is 11.5 Å². The second kappa shape index (κ2) is 9.34. The first-order chi connectivity index (χ1) is 14.8. The monoisotopic (exact) mass is 423 g/mol. The molecule has 0 radical (unpaired) electrons. The van der Waals surface area contributed by atoms with Crippen LogP contribution in [0.25, 0.3) is 5.69 Å². The van der Waals surface area contributed by atoms with E-state index in [-0.39, 0.29) is 16.8 Å². The molecule has 0 unspecified atom stereocenters. The van der Waals surface area contributed by atoms with Gasteiger partial charge in [0.2, 0.25) is 0 Å². The van der Waals surface area contributed by atoms with Gasteiger partial charge in [-0.05, 0) is 45.0 Å². The summed E-state index contributed by atoms with van der Waals surface area (Å²) in [7, 11) is 1.73. The highest BCUT2D eigenvalue weighted by Gasteiger charge is 2.24. The van der Waals surface area contributed by atoms with E-state index < -0.39 is 18.0 Å². The molecule has 1 atom stereocenters. The van der Waals surface area contributed by atoms with E-state index in [1.54, 1.807) is 55.1 Å². The number of carbonyl (C=O) groups is 2. The first-order valence-electron chi connectivity index (χ1n) is 9.92. The van der Waals surface area contributed by atoms with Crippen LogP contribution in [-0.4, -0.2) is 34.0 Å². The number of carbonyl (C=O) groups excluding carboxylic acids is 2. The molecule has 0 aliphatic heterocycles. The number of ether oxygens (including phenoxy) is 2. The van der Waals surface area contributed by atoms with Crippen molar-refractivity contribution in [2.24, 2.45) is 7.05 Å². The van der Waals surface area contributed by atoms with Gasteiger partial charge in [-0.3, -0.25) is 14.3 Å². The van der Waals surface area contributed by atoms with Crippen molar-refractivity contribution < 1.29 is 19.1 Å². The zero-order valence-corrected chi connectivity index (χ0v) is 17.9. The summed E-state index contributed by atoms with van der Waals surface area (Å²) in [5.74, 6) is -0.904. The Balaban J connectivity index is 1.78. The Morgan fingerprint density at radius 3 is 2.39 bits per heavy atom. The van der Waals surface area contributed by atoms with Gasteiger partial charge in [0, 0.05) is 7.05 Å². The van der Waals surface area contributed by atoms with Gasteiger partial charge in [-0.25, -0.2) is 9.48 Å². The Morgan fingerprint density at radius 1 is 1.06 bits per heavy atom. The number of esters is 1. The fourth-order valence-corrected chi connectivity index (χ4v) is 3.13. The fourth-order valence-electron chi connectivity index (χ4n) is 3.13. The lowest BCUT2D eigenvalue weighted by Crippen LogP contribution is -2.32. The molecule has 2 aromatic carbocycles. The highest BCUT2D eigenvalue weighted by molar-refractivity contribution is 5.98. The number of nitrogens with zero attached hydrogens (tertiary/aromatic N) is 2. The highest BCUT2D eigenvalue weighted by atomic mass is 16.5. The first-order valence-corrected chi connectivity index (χ1v) is 9.92. The van der Waals surface area contributed by atoms with E-state index in [1.807, 2.05) is 25.1 Å². The summed E-state index contributed by atoms with van der Waals surface area (Å²) < 4.78 is 13.9. The lowest BCUT2D eigenvalue weighted by molar-refractivity contribution is -0.123. The number of anilines is 1. The standard InChI is InChI=1S/C23H25N3O5/c1-5-30-19-14-10-9-13-18(19)23(29)31-16(3)21(27)24-20-15(2)25(4)26(22(20)28)17-11-7-6-8-12-17/h6-14,16H,5H2,1-4H3,(H,24,27)/t16-/m1/s1. The van der Waals surface area contributed by atoms with E-state index in [0.717, 1.165) is 0 Å². The number of rotatable bonds is 7. The molecule has 0 aliphatic carbocycles. The highest BCUT2D eigenvalue weighted by Crippen LogP contribution is 2.20. The van der Waals surface area contributed by atoms with E-state index in [0.29, 0.717) is 23.7 Å². The van der Waals surface area contributed by atoms with Gasteiger partial charge < -0.3 is 14.8 Å². The summed E-state index contributed by atoms with van der Waals surface area (Å²) in [4.78, 5) is 38.1. The van der Waals surface area contributed by atoms with Crippen LogP contribution in [0.3, 0.4) is 0 Å². The quantitative estimate of drug-likeness (QED) is 0.590. The third-order valence-corrected chi connectivity index (χ3v) is 4.86. The number of aromatic nitrogens is 2. The van der Waals surface area contributed by atoms with Gasteiger partial charge in [0.05, 0.1) is 18.0 Å². The number of benzene rings is 2. The average Bonchev–Trinajstić information content (AvgIpc) is 2.98. The van der Waals surface area contributed by atoms with E-state index in [2.05, 4.69) is 5.32 Å². The number of nitrogens with one attached hydrogen (secondary N) is 1. The lowest BCUT2D eigenvalue weighted by atomic mass is 10.2. The Hall–Kier alpha value is -3.81. The van der Waals surface area contributed by atoms with E-state index in [4.69, 9.17) is 9.47 Å². The van der Waals surface area contributed by atoms with Gasteiger partial charge >= 0.3 is 5.97 Å². The van der Waals surface area contributed by atoms with Gasteiger partial charge in [-0.2, -0.15) is 0 Å². The Kier molecular flexibility index (Phi) is 6.59. The molecule has 0 aliphatic rings. The summed E-state index contributed by atoms with van der Waals surface area (Å²) in [6, 6.07) is 15.7. The summed E-state index contributed by atoms with van der Waals surface area (Å²) >= 11 is 0. The minimum Gasteiger partial charge on any atom is -0.493 e. The Bertz CT molecular complexity index is 1150. The molecule has 3 rings (SSSR count). The van der Waals surface area contributed by atoms with Crippen molar-refractivity contribution in [2.75, 3.05) is 11.9 Å². The molecule has 162 valence electrons. The lowest BCUT2D eigenvalue weighted by Gasteiger charge is -2.14. The number of amides is 1. The molecular weight excluding hydrogens is 398 g/mol. The van der Waals surface area contributed by atoms with Crippen LogP contribution < -0.4 is 15.6 Å². The van der Waals surface area contributed by atoms with Crippen LogP contribution >= 0.6 is 0 Å². The van der Waals surface area contributed by atoms with Gasteiger partial charge in [0.1, 0.15) is 17.0 Å². The SMILES string of the molecule is CCOc1ccccc1C(=O)O[C@H](C)C(=O)Nc1c(C)n(C)n(-c2ccccc2)c1=O.